The van der Waals surface area contributed by atoms with Gasteiger partial charge >= 0.3 is 0 Å². The molecule has 0 aromatic carbocycles. The van der Waals surface area contributed by atoms with E-state index in [4.69, 9.17) is 0 Å². The van der Waals surface area contributed by atoms with Crippen molar-refractivity contribution >= 4 is 0 Å². The molecule has 0 spiro atoms. The zero-order chi connectivity index (χ0) is 14.0. The van der Waals surface area contributed by atoms with Gasteiger partial charge in [0.05, 0.1) is 11.4 Å². The Morgan fingerprint density at radius 1 is 1.26 bits per heavy atom. The predicted molar refractivity (Wildman–Crippen MR) is 79.2 cm³/mol. The van der Waals surface area contributed by atoms with Gasteiger partial charge in [-0.25, -0.2) is 4.68 Å². The highest BCUT2D eigenvalue weighted by Gasteiger charge is 2.25. The first-order valence-corrected chi connectivity index (χ1v) is 7.80. The van der Waals surface area contributed by atoms with E-state index < -0.39 is 0 Å². The Bertz CT molecular complexity index is 412. The number of aromatic nitrogens is 3. The Balaban J connectivity index is 2.22. The number of nitrogens with zero attached hydrogens (tertiary/aromatic N) is 3. The van der Waals surface area contributed by atoms with Gasteiger partial charge in [0.1, 0.15) is 0 Å². The van der Waals surface area contributed by atoms with Crippen molar-refractivity contribution in [2.75, 3.05) is 0 Å². The third-order valence-electron chi connectivity index (χ3n) is 4.02. The summed E-state index contributed by atoms with van der Waals surface area (Å²) in [5, 5.41) is 8.80. The first-order valence-electron chi connectivity index (χ1n) is 7.80. The Morgan fingerprint density at radius 3 is 2.63 bits per heavy atom. The Hall–Kier alpha value is -0.860. The highest BCUT2D eigenvalue weighted by Crippen LogP contribution is 2.32. The molecular formula is C16H29N3. The summed E-state index contributed by atoms with van der Waals surface area (Å²) in [5.41, 5.74) is 3.08. The maximum absolute atomic E-state index is 4.42. The Kier molecular flexibility index (Phi) is 4.32. The molecule has 0 amide bonds. The van der Waals surface area contributed by atoms with Crippen molar-refractivity contribution in [3.8, 4) is 0 Å². The summed E-state index contributed by atoms with van der Waals surface area (Å²) in [5.74, 6) is 0.787. The highest BCUT2D eigenvalue weighted by atomic mass is 15.4. The number of hydrogen-bond acceptors (Lipinski definition) is 2. The molecule has 108 valence electrons. The average molecular weight is 263 g/mol. The predicted octanol–water partition coefficient (Wildman–Crippen LogP) is 4.18. The standard InChI is InChI=1S/C16H29N3/c1-12(2)19-15-10-13(11-16(3,4)5)8-6-7-9-14(15)17-18-19/h12-13H,6-11H2,1-5H3. The summed E-state index contributed by atoms with van der Waals surface area (Å²) in [6, 6.07) is 0.422. The highest BCUT2D eigenvalue weighted by molar-refractivity contribution is 5.13. The van der Waals surface area contributed by atoms with Crippen molar-refractivity contribution in [1.29, 1.82) is 0 Å². The molecule has 0 saturated carbocycles. The lowest BCUT2D eigenvalue weighted by atomic mass is 9.79. The van der Waals surface area contributed by atoms with Gasteiger partial charge in [-0.1, -0.05) is 38.8 Å². The summed E-state index contributed by atoms with van der Waals surface area (Å²) in [6.07, 6.45) is 7.55. The van der Waals surface area contributed by atoms with Crippen LogP contribution in [-0.2, 0) is 12.8 Å². The van der Waals surface area contributed by atoms with Gasteiger partial charge in [-0.15, -0.1) is 5.10 Å². The fourth-order valence-corrected chi connectivity index (χ4v) is 3.31. The van der Waals surface area contributed by atoms with Gasteiger partial charge in [-0.05, 0) is 50.9 Å². The van der Waals surface area contributed by atoms with Gasteiger partial charge in [-0.3, -0.25) is 0 Å². The van der Waals surface area contributed by atoms with Crippen molar-refractivity contribution in [2.24, 2.45) is 11.3 Å². The van der Waals surface area contributed by atoms with Crippen LogP contribution in [-0.4, -0.2) is 15.0 Å². The molecule has 2 rings (SSSR count). The van der Waals surface area contributed by atoms with E-state index in [1.807, 2.05) is 0 Å². The molecule has 0 bridgehead atoms. The minimum atomic E-state index is 0.417. The molecule has 0 aliphatic heterocycles. The van der Waals surface area contributed by atoms with Crippen LogP contribution < -0.4 is 0 Å². The zero-order valence-corrected chi connectivity index (χ0v) is 13.2. The van der Waals surface area contributed by atoms with Crippen molar-refractivity contribution in [1.82, 2.24) is 15.0 Å². The largest absolute Gasteiger partial charge is 0.247 e. The molecular weight excluding hydrogens is 234 g/mol. The van der Waals surface area contributed by atoms with Gasteiger partial charge in [0, 0.05) is 6.04 Å². The van der Waals surface area contributed by atoms with Crippen LogP contribution in [0, 0.1) is 11.3 Å². The molecule has 1 heterocycles. The van der Waals surface area contributed by atoms with Gasteiger partial charge < -0.3 is 0 Å². The molecule has 1 atom stereocenters. The lowest BCUT2D eigenvalue weighted by molar-refractivity contribution is 0.268. The number of aryl methyl sites for hydroxylation is 1. The minimum absolute atomic E-state index is 0.417. The molecule has 1 aliphatic carbocycles. The lowest BCUT2D eigenvalue weighted by Crippen LogP contribution is -2.20. The van der Waals surface area contributed by atoms with Crippen LogP contribution in [0.4, 0.5) is 0 Å². The quantitative estimate of drug-likeness (QED) is 0.801. The van der Waals surface area contributed by atoms with Crippen LogP contribution in [0.15, 0.2) is 0 Å². The molecule has 0 N–H and O–H groups in total. The maximum atomic E-state index is 4.42. The molecule has 0 saturated heterocycles. The monoisotopic (exact) mass is 263 g/mol. The molecule has 1 aromatic rings. The lowest BCUT2D eigenvalue weighted by Gasteiger charge is -2.28. The van der Waals surface area contributed by atoms with E-state index >= 15 is 0 Å². The number of hydrogen-bond donors (Lipinski definition) is 0. The summed E-state index contributed by atoms with van der Waals surface area (Å²) >= 11 is 0. The topological polar surface area (TPSA) is 30.7 Å². The summed E-state index contributed by atoms with van der Waals surface area (Å²) < 4.78 is 2.15. The molecule has 1 aliphatic rings. The molecule has 1 aromatic heterocycles. The zero-order valence-electron chi connectivity index (χ0n) is 13.2. The molecule has 3 heteroatoms. The van der Waals surface area contributed by atoms with E-state index in [0.717, 1.165) is 18.8 Å². The smallest absolute Gasteiger partial charge is 0.0859 e. The van der Waals surface area contributed by atoms with Crippen molar-refractivity contribution in [3.63, 3.8) is 0 Å². The fraction of sp³-hybridized carbons (Fsp3) is 0.875. The summed E-state index contributed by atoms with van der Waals surface area (Å²) in [4.78, 5) is 0. The van der Waals surface area contributed by atoms with Gasteiger partial charge in [0.25, 0.3) is 0 Å². The Morgan fingerprint density at radius 2 is 2.00 bits per heavy atom. The van der Waals surface area contributed by atoms with E-state index in [-0.39, 0.29) is 0 Å². The normalized spacial score (nSPS) is 21.1. The molecule has 0 fully saturated rings. The summed E-state index contributed by atoms with van der Waals surface area (Å²) in [7, 11) is 0. The SMILES string of the molecule is CC(C)n1nnc2c1CC(CC(C)(C)C)CCCC2. The van der Waals surface area contributed by atoms with E-state index in [9.17, 15) is 0 Å². The van der Waals surface area contributed by atoms with E-state index in [1.54, 1.807) is 0 Å². The van der Waals surface area contributed by atoms with Crippen molar-refractivity contribution in [2.45, 2.75) is 79.2 Å². The number of fused-ring (bicyclic) bond motifs is 1. The van der Waals surface area contributed by atoms with Crippen LogP contribution in [0.2, 0.25) is 0 Å². The molecule has 1 unspecified atom stereocenters. The van der Waals surface area contributed by atoms with Crippen molar-refractivity contribution < 1.29 is 0 Å². The molecule has 3 nitrogen and oxygen atoms in total. The van der Waals surface area contributed by atoms with Crippen LogP contribution in [0.3, 0.4) is 0 Å². The second-order valence-corrected chi connectivity index (χ2v) is 7.60. The molecule has 0 radical (unpaired) electrons. The van der Waals surface area contributed by atoms with E-state index in [2.05, 4.69) is 49.6 Å². The van der Waals surface area contributed by atoms with Crippen LogP contribution in [0.1, 0.15) is 77.7 Å². The summed E-state index contributed by atoms with van der Waals surface area (Å²) in [6.45, 7) is 11.5. The number of rotatable bonds is 2. The molecule has 19 heavy (non-hydrogen) atoms. The average Bonchev–Trinajstić information content (AvgIpc) is 2.61. The second kappa shape index (κ2) is 5.64. The Labute approximate surface area is 117 Å². The fourth-order valence-electron chi connectivity index (χ4n) is 3.31. The van der Waals surface area contributed by atoms with Crippen LogP contribution in [0.5, 0.6) is 0 Å². The first-order chi connectivity index (χ1) is 8.87. The maximum Gasteiger partial charge on any atom is 0.0859 e. The minimum Gasteiger partial charge on any atom is -0.247 e. The first kappa shape index (κ1) is 14.5. The van der Waals surface area contributed by atoms with Crippen molar-refractivity contribution in [3.05, 3.63) is 11.4 Å². The third-order valence-corrected chi connectivity index (χ3v) is 4.02. The third kappa shape index (κ3) is 3.80. The second-order valence-electron chi connectivity index (χ2n) is 7.60. The van der Waals surface area contributed by atoms with Gasteiger partial charge in [-0.2, -0.15) is 0 Å². The van der Waals surface area contributed by atoms with Crippen LogP contribution in [0.25, 0.3) is 0 Å². The van der Waals surface area contributed by atoms with E-state index in [1.165, 1.54) is 37.1 Å². The van der Waals surface area contributed by atoms with Gasteiger partial charge in [0.15, 0.2) is 0 Å². The van der Waals surface area contributed by atoms with Gasteiger partial charge in [0.2, 0.25) is 0 Å². The van der Waals surface area contributed by atoms with Crippen LogP contribution >= 0.6 is 0 Å². The van der Waals surface area contributed by atoms with E-state index in [0.29, 0.717) is 11.5 Å².